The number of hydrogen-bond donors (Lipinski definition) is 0. The highest BCUT2D eigenvalue weighted by atomic mass is 16.1. The summed E-state index contributed by atoms with van der Waals surface area (Å²) in [5.41, 5.74) is 4.62. The van der Waals surface area contributed by atoms with E-state index in [1.54, 1.807) is 6.92 Å². The monoisotopic (exact) mass is 291 g/mol. The Bertz CT molecular complexity index is 799. The molecule has 0 saturated heterocycles. The molecule has 112 valence electrons. The fraction of sp³-hybridized carbons (Fsp3) is 0.250. The largest absolute Gasteiger partial charge is 0.347 e. The van der Waals surface area contributed by atoms with Gasteiger partial charge < -0.3 is 4.57 Å². The molecule has 0 fully saturated rings. The van der Waals surface area contributed by atoms with Gasteiger partial charge in [0.05, 0.1) is 5.52 Å². The second kappa shape index (κ2) is 6.18. The fourth-order valence-electron chi connectivity index (χ4n) is 3.10. The molecule has 2 heteroatoms. The molecule has 0 atom stereocenters. The molecule has 0 spiro atoms. The Kier molecular flexibility index (Phi) is 4.10. The first-order valence-corrected chi connectivity index (χ1v) is 7.80. The van der Waals surface area contributed by atoms with Crippen LogP contribution in [0, 0.1) is 6.92 Å². The van der Waals surface area contributed by atoms with Crippen LogP contribution in [-0.4, -0.2) is 10.4 Å². The molecule has 0 amide bonds. The molecule has 2 nitrogen and oxygen atoms in total. The van der Waals surface area contributed by atoms with E-state index >= 15 is 0 Å². The predicted octanol–water partition coefficient (Wildman–Crippen LogP) is 4.79. The summed E-state index contributed by atoms with van der Waals surface area (Å²) in [5.74, 6) is 0.136. The van der Waals surface area contributed by atoms with Crippen molar-refractivity contribution in [3.05, 3.63) is 71.4 Å². The normalized spacial score (nSPS) is 11.0. The van der Waals surface area contributed by atoms with Gasteiger partial charge in [-0.05, 0) is 37.8 Å². The van der Waals surface area contributed by atoms with Crippen molar-refractivity contribution in [1.82, 2.24) is 4.57 Å². The smallest absolute Gasteiger partial charge is 0.161 e. The van der Waals surface area contributed by atoms with Gasteiger partial charge in [0.2, 0.25) is 0 Å². The Morgan fingerprint density at radius 1 is 1.05 bits per heavy atom. The summed E-state index contributed by atoms with van der Waals surface area (Å²) < 4.78 is 2.24. The molecular weight excluding hydrogens is 270 g/mol. The Labute approximate surface area is 131 Å². The summed E-state index contributed by atoms with van der Waals surface area (Å²) in [6.45, 7) is 4.69. The average molecular weight is 291 g/mol. The summed E-state index contributed by atoms with van der Waals surface area (Å²) in [4.78, 5) is 11.9. The number of aromatic nitrogens is 1. The second-order valence-corrected chi connectivity index (χ2v) is 5.85. The van der Waals surface area contributed by atoms with Gasteiger partial charge in [-0.15, -0.1) is 0 Å². The highest BCUT2D eigenvalue weighted by Crippen LogP contribution is 2.25. The van der Waals surface area contributed by atoms with E-state index in [-0.39, 0.29) is 5.78 Å². The van der Waals surface area contributed by atoms with Crippen molar-refractivity contribution in [3.63, 3.8) is 0 Å². The molecule has 0 aliphatic carbocycles. The average Bonchev–Trinajstić information content (AvgIpc) is 2.89. The number of benzene rings is 2. The van der Waals surface area contributed by atoms with Crippen molar-refractivity contribution in [2.75, 3.05) is 0 Å². The standard InChI is InChI=1S/C20H21NO/c1-15-8-6-12-18-19(16(2)22)14-21(20(15)18)13-7-11-17-9-4-3-5-10-17/h3-6,8-10,12,14H,7,11,13H2,1-2H3. The summed E-state index contributed by atoms with van der Waals surface area (Å²) in [6, 6.07) is 16.7. The number of Topliss-reactive ketones (excluding diaryl/α,β-unsaturated/α-hetero) is 1. The van der Waals surface area contributed by atoms with E-state index in [4.69, 9.17) is 0 Å². The van der Waals surface area contributed by atoms with Gasteiger partial charge in [0.15, 0.2) is 5.78 Å². The molecule has 1 heterocycles. The molecule has 0 aliphatic heterocycles. The second-order valence-electron chi connectivity index (χ2n) is 5.85. The van der Waals surface area contributed by atoms with E-state index in [9.17, 15) is 4.79 Å². The molecule has 0 N–H and O–H groups in total. The van der Waals surface area contributed by atoms with Crippen molar-refractivity contribution in [3.8, 4) is 0 Å². The minimum absolute atomic E-state index is 0.136. The van der Waals surface area contributed by atoms with Crippen LogP contribution in [0.25, 0.3) is 10.9 Å². The van der Waals surface area contributed by atoms with Crippen LogP contribution in [-0.2, 0) is 13.0 Å². The van der Waals surface area contributed by atoms with Crippen LogP contribution in [0.1, 0.15) is 34.8 Å². The van der Waals surface area contributed by atoms with Crippen LogP contribution >= 0.6 is 0 Å². The van der Waals surface area contributed by atoms with Gasteiger partial charge in [0.1, 0.15) is 0 Å². The van der Waals surface area contributed by atoms with Crippen LogP contribution in [0.15, 0.2) is 54.7 Å². The summed E-state index contributed by atoms with van der Waals surface area (Å²) >= 11 is 0. The molecule has 0 saturated carbocycles. The molecule has 3 aromatic rings. The van der Waals surface area contributed by atoms with Gasteiger partial charge in [-0.25, -0.2) is 0 Å². The number of ketones is 1. The molecule has 0 bridgehead atoms. The molecule has 0 radical (unpaired) electrons. The molecule has 0 aliphatic rings. The minimum Gasteiger partial charge on any atom is -0.347 e. The van der Waals surface area contributed by atoms with Crippen molar-refractivity contribution in [1.29, 1.82) is 0 Å². The maximum atomic E-state index is 11.9. The zero-order chi connectivity index (χ0) is 15.5. The number of carbonyl (C=O) groups excluding carboxylic acids is 1. The zero-order valence-electron chi connectivity index (χ0n) is 13.2. The van der Waals surface area contributed by atoms with Gasteiger partial charge in [-0.1, -0.05) is 48.5 Å². The number of fused-ring (bicyclic) bond motifs is 1. The SMILES string of the molecule is CC(=O)c1cn(CCCc2ccccc2)c2c(C)cccc12. The van der Waals surface area contributed by atoms with Crippen LogP contribution in [0.4, 0.5) is 0 Å². The van der Waals surface area contributed by atoms with Gasteiger partial charge in [0, 0.05) is 23.7 Å². The van der Waals surface area contributed by atoms with Crippen LogP contribution < -0.4 is 0 Å². The number of para-hydroxylation sites is 1. The predicted molar refractivity (Wildman–Crippen MR) is 91.4 cm³/mol. The molecule has 2 aromatic carbocycles. The zero-order valence-corrected chi connectivity index (χ0v) is 13.2. The van der Waals surface area contributed by atoms with E-state index < -0.39 is 0 Å². The lowest BCUT2D eigenvalue weighted by Gasteiger charge is -2.07. The number of aryl methyl sites for hydroxylation is 3. The topological polar surface area (TPSA) is 22.0 Å². The van der Waals surface area contributed by atoms with Crippen LogP contribution in [0.2, 0.25) is 0 Å². The third-order valence-electron chi connectivity index (χ3n) is 4.19. The van der Waals surface area contributed by atoms with E-state index in [0.717, 1.165) is 30.3 Å². The molecular formula is C20H21NO. The fourth-order valence-corrected chi connectivity index (χ4v) is 3.10. The number of rotatable bonds is 5. The summed E-state index contributed by atoms with van der Waals surface area (Å²) in [6.07, 6.45) is 4.15. The number of nitrogens with zero attached hydrogens (tertiary/aromatic N) is 1. The van der Waals surface area contributed by atoms with Crippen LogP contribution in [0.5, 0.6) is 0 Å². The van der Waals surface area contributed by atoms with Crippen molar-refractivity contribution in [2.24, 2.45) is 0 Å². The maximum absolute atomic E-state index is 11.9. The Morgan fingerprint density at radius 3 is 2.55 bits per heavy atom. The summed E-state index contributed by atoms with van der Waals surface area (Å²) in [5, 5.41) is 1.08. The lowest BCUT2D eigenvalue weighted by Crippen LogP contribution is -1.99. The van der Waals surface area contributed by atoms with Gasteiger partial charge in [0.25, 0.3) is 0 Å². The number of hydrogen-bond acceptors (Lipinski definition) is 1. The number of carbonyl (C=O) groups is 1. The minimum atomic E-state index is 0.136. The molecule has 22 heavy (non-hydrogen) atoms. The first kappa shape index (κ1) is 14.6. The first-order valence-electron chi connectivity index (χ1n) is 7.80. The third kappa shape index (κ3) is 2.82. The van der Waals surface area contributed by atoms with Crippen LogP contribution in [0.3, 0.4) is 0 Å². The highest BCUT2D eigenvalue weighted by Gasteiger charge is 2.13. The highest BCUT2D eigenvalue weighted by molar-refractivity contribution is 6.07. The van der Waals surface area contributed by atoms with Crippen molar-refractivity contribution < 1.29 is 4.79 Å². The Morgan fingerprint density at radius 2 is 1.82 bits per heavy atom. The van der Waals surface area contributed by atoms with Crippen molar-refractivity contribution >= 4 is 16.7 Å². The Balaban J connectivity index is 1.86. The molecule has 1 aromatic heterocycles. The van der Waals surface area contributed by atoms with Gasteiger partial charge in [-0.3, -0.25) is 4.79 Å². The van der Waals surface area contributed by atoms with E-state index in [2.05, 4.69) is 41.8 Å². The lowest BCUT2D eigenvalue weighted by molar-refractivity contribution is 0.101. The maximum Gasteiger partial charge on any atom is 0.161 e. The molecule has 3 rings (SSSR count). The third-order valence-corrected chi connectivity index (χ3v) is 4.19. The molecule has 0 unspecified atom stereocenters. The first-order chi connectivity index (χ1) is 10.7. The Hall–Kier alpha value is -2.35. The van der Waals surface area contributed by atoms with E-state index in [1.165, 1.54) is 16.6 Å². The summed E-state index contributed by atoms with van der Waals surface area (Å²) in [7, 11) is 0. The quantitative estimate of drug-likeness (QED) is 0.620. The van der Waals surface area contributed by atoms with Crippen molar-refractivity contribution in [2.45, 2.75) is 33.2 Å². The van der Waals surface area contributed by atoms with E-state index in [1.807, 2.05) is 24.4 Å². The van der Waals surface area contributed by atoms with E-state index in [0.29, 0.717) is 0 Å². The van der Waals surface area contributed by atoms with Gasteiger partial charge in [-0.2, -0.15) is 0 Å². The van der Waals surface area contributed by atoms with Gasteiger partial charge >= 0.3 is 0 Å². The lowest BCUT2D eigenvalue weighted by atomic mass is 10.1.